The fourth-order valence-corrected chi connectivity index (χ4v) is 6.19. The number of thiazole rings is 1. The third kappa shape index (κ3) is 5.78. The van der Waals surface area contributed by atoms with Crippen LogP contribution in [0.4, 0.5) is 13.2 Å². The van der Waals surface area contributed by atoms with E-state index in [-0.39, 0.29) is 17.9 Å². The quantitative estimate of drug-likeness (QED) is 0.279. The van der Waals surface area contributed by atoms with Gasteiger partial charge in [0.25, 0.3) is 0 Å². The third-order valence-electron chi connectivity index (χ3n) is 5.76. The molecular weight excluding hydrogens is 611 g/mol. The van der Waals surface area contributed by atoms with Crippen molar-refractivity contribution in [3.63, 3.8) is 0 Å². The highest BCUT2D eigenvalue weighted by Gasteiger charge is 2.48. The summed E-state index contributed by atoms with van der Waals surface area (Å²) in [6, 6.07) is 2.50. The minimum Gasteiger partial charge on any atom is -0.394 e. The molecule has 4 heterocycles. The summed E-state index contributed by atoms with van der Waals surface area (Å²) in [6.07, 6.45) is 1.47. The highest BCUT2D eigenvalue weighted by molar-refractivity contribution is 9.10. The zero-order chi connectivity index (χ0) is 26.8. The van der Waals surface area contributed by atoms with Crippen LogP contribution in [0, 0.1) is 17.5 Å². The highest BCUT2D eigenvalue weighted by Crippen LogP contribution is 2.40. The molecule has 1 aromatic carbocycles. The number of aliphatic hydroxyl groups excluding tert-OH is 2. The van der Waals surface area contributed by atoms with Crippen molar-refractivity contribution in [1.29, 1.82) is 0 Å². The maximum atomic E-state index is 13.8. The number of hydrogen-bond donors (Lipinski definition) is 2. The molecular formula is C23H19BrF3N5O4S2. The molecule has 5 atom stereocenters. The number of halogens is 4. The first-order valence-corrected chi connectivity index (χ1v) is 13.7. The fraction of sp³-hybridized carbons (Fsp3) is 0.304. The molecule has 1 fully saturated rings. The van der Waals surface area contributed by atoms with Crippen LogP contribution in [0.5, 0.6) is 0 Å². The van der Waals surface area contributed by atoms with E-state index in [0.717, 1.165) is 21.5 Å². The molecule has 4 aromatic rings. The summed E-state index contributed by atoms with van der Waals surface area (Å²) in [4.78, 5) is 9.12. The van der Waals surface area contributed by atoms with Crippen molar-refractivity contribution in [3.05, 3.63) is 75.3 Å². The van der Waals surface area contributed by atoms with E-state index in [2.05, 4.69) is 36.2 Å². The maximum absolute atomic E-state index is 13.8. The van der Waals surface area contributed by atoms with Crippen molar-refractivity contribution in [3.8, 4) is 11.3 Å². The zero-order valence-electron chi connectivity index (χ0n) is 19.2. The van der Waals surface area contributed by atoms with Crippen molar-refractivity contribution in [2.24, 2.45) is 0 Å². The maximum Gasteiger partial charge on any atom is 0.194 e. The van der Waals surface area contributed by atoms with Gasteiger partial charge in [0.2, 0.25) is 0 Å². The first-order chi connectivity index (χ1) is 18.3. The van der Waals surface area contributed by atoms with E-state index in [0.29, 0.717) is 5.69 Å². The third-order valence-corrected chi connectivity index (χ3v) is 7.94. The lowest BCUT2D eigenvalue weighted by Gasteiger charge is -2.43. The first-order valence-electron chi connectivity index (χ1n) is 11.1. The predicted molar refractivity (Wildman–Crippen MR) is 135 cm³/mol. The van der Waals surface area contributed by atoms with E-state index in [1.807, 2.05) is 11.4 Å². The summed E-state index contributed by atoms with van der Waals surface area (Å²) in [7, 11) is 0. The summed E-state index contributed by atoms with van der Waals surface area (Å²) in [5.74, 6) is -4.33. The Morgan fingerprint density at radius 1 is 1.18 bits per heavy atom. The fourth-order valence-electron chi connectivity index (χ4n) is 3.97. The van der Waals surface area contributed by atoms with Crippen molar-refractivity contribution < 1.29 is 32.9 Å². The molecule has 0 spiro atoms. The second kappa shape index (κ2) is 11.8. The number of ether oxygens (including phenoxy) is 2. The normalized spacial score (nSPS) is 23.6. The average Bonchev–Trinajstić information content (AvgIpc) is 3.59. The van der Waals surface area contributed by atoms with E-state index in [9.17, 15) is 23.4 Å². The molecule has 3 aromatic heterocycles. The van der Waals surface area contributed by atoms with Gasteiger partial charge in [0.05, 0.1) is 30.6 Å². The van der Waals surface area contributed by atoms with Crippen molar-refractivity contribution in [2.75, 3.05) is 6.61 Å². The van der Waals surface area contributed by atoms with Gasteiger partial charge < -0.3 is 19.7 Å². The number of hydrogen-bond acceptors (Lipinski definition) is 10. The molecule has 0 bridgehead atoms. The van der Waals surface area contributed by atoms with Gasteiger partial charge in [-0.15, -0.1) is 16.4 Å². The van der Waals surface area contributed by atoms with Crippen LogP contribution in [0.2, 0.25) is 0 Å². The number of aliphatic hydroxyl groups is 2. The number of benzene rings is 1. The molecule has 0 saturated carbocycles. The molecule has 5 rings (SSSR count). The van der Waals surface area contributed by atoms with Crippen LogP contribution in [-0.4, -0.2) is 65.5 Å². The number of pyridine rings is 1. The summed E-state index contributed by atoms with van der Waals surface area (Å²) in [5.41, 5.74) is 1.58. The lowest BCUT2D eigenvalue weighted by atomic mass is 9.97. The van der Waals surface area contributed by atoms with Crippen LogP contribution in [0.3, 0.4) is 0 Å². The van der Waals surface area contributed by atoms with Crippen LogP contribution < -0.4 is 0 Å². The first kappa shape index (κ1) is 27.2. The smallest absolute Gasteiger partial charge is 0.194 e. The Hall–Kier alpha value is -2.40. The van der Waals surface area contributed by atoms with Gasteiger partial charge in [0.15, 0.2) is 17.5 Å². The molecule has 38 heavy (non-hydrogen) atoms. The SMILES string of the molecule is OC[C@H]1O[C@H](Sc2cncc(Br)c2)[C@H](OCc2cscn2)[C@@H](n2cc(-c3cc(F)c(F)c(F)c3)nn2)[C@H]1O. The minimum atomic E-state index is -1.59. The molecule has 0 amide bonds. The Morgan fingerprint density at radius 2 is 1.97 bits per heavy atom. The largest absolute Gasteiger partial charge is 0.394 e. The van der Waals surface area contributed by atoms with Crippen LogP contribution >= 0.6 is 39.0 Å². The topological polar surface area (TPSA) is 115 Å². The molecule has 0 unspecified atom stereocenters. The second-order valence-electron chi connectivity index (χ2n) is 8.26. The number of nitrogens with zero attached hydrogens (tertiary/aromatic N) is 5. The van der Waals surface area contributed by atoms with E-state index in [1.54, 1.807) is 17.9 Å². The molecule has 200 valence electrons. The summed E-state index contributed by atoms with van der Waals surface area (Å²) >= 11 is 6.06. The van der Waals surface area contributed by atoms with Gasteiger partial charge in [-0.1, -0.05) is 17.0 Å². The molecule has 2 N–H and O–H groups in total. The van der Waals surface area contributed by atoms with E-state index < -0.39 is 53.8 Å². The predicted octanol–water partition coefficient (Wildman–Crippen LogP) is 3.97. The average molecular weight is 630 g/mol. The molecule has 9 nitrogen and oxygen atoms in total. The summed E-state index contributed by atoms with van der Waals surface area (Å²) in [5, 5.41) is 31.0. The van der Waals surface area contributed by atoms with Crippen LogP contribution in [-0.2, 0) is 16.1 Å². The van der Waals surface area contributed by atoms with Crippen molar-refractivity contribution in [1.82, 2.24) is 25.0 Å². The Bertz CT molecular complexity index is 1380. The standard InChI is InChI=1S/C23H19BrF3N5O4S2/c24-12-3-14(5-28-4-12)38-23-22(35-8-13-9-37-10-29-13)20(21(34)18(7-33)36-23)32-6-17(30-31-32)11-1-15(25)19(27)16(26)2-11/h1-6,9-10,18,20-23,33-34H,7-8H2/t18-,20+,21+,22-,23-/m1/s1. The Balaban J connectivity index is 1.51. The van der Waals surface area contributed by atoms with Gasteiger partial charge in [0.1, 0.15) is 35.5 Å². The van der Waals surface area contributed by atoms with Gasteiger partial charge in [0, 0.05) is 32.7 Å². The van der Waals surface area contributed by atoms with Crippen LogP contribution in [0.15, 0.2) is 57.0 Å². The molecule has 0 aliphatic carbocycles. The second-order valence-corrected chi connectivity index (χ2v) is 11.1. The minimum absolute atomic E-state index is 0.0423. The molecule has 1 saturated heterocycles. The van der Waals surface area contributed by atoms with E-state index in [4.69, 9.17) is 9.47 Å². The van der Waals surface area contributed by atoms with Gasteiger partial charge in [-0.3, -0.25) is 4.98 Å². The van der Waals surface area contributed by atoms with E-state index in [1.165, 1.54) is 34.0 Å². The zero-order valence-corrected chi connectivity index (χ0v) is 22.4. The molecule has 1 aliphatic heterocycles. The van der Waals surface area contributed by atoms with Crippen LogP contribution in [0.25, 0.3) is 11.3 Å². The molecule has 1 aliphatic rings. The number of aromatic nitrogens is 5. The van der Waals surface area contributed by atoms with Crippen molar-refractivity contribution in [2.45, 2.75) is 41.3 Å². The van der Waals surface area contributed by atoms with Gasteiger partial charge in [-0.05, 0) is 34.1 Å². The highest BCUT2D eigenvalue weighted by atomic mass is 79.9. The Morgan fingerprint density at radius 3 is 2.66 bits per heavy atom. The lowest BCUT2D eigenvalue weighted by molar-refractivity contribution is -0.196. The van der Waals surface area contributed by atoms with Crippen LogP contribution in [0.1, 0.15) is 11.7 Å². The van der Waals surface area contributed by atoms with Gasteiger partial charge in [-0.25, -0.2) is 22.8 Å². The Labute approximate surface area is 230 Å². The molecule has 15 heteroatoms. The Kier molecular flexibility index (Phi) is 8.42. The van der Waals surface area contributed by atoms with Gasteiger partial charge >= 0.3 is 0 Å². The van der Waals surface area contributed by atoms with Crippen molar-refractivity contribution >= 4 is 39.0 Å². The number of thioether (sulfide) groups is 1. The summed E-state index contributed by atoms with van der Waals surface area (Å²) in [6.45, 7) is -0.408. The molecule has 0 radical (unpaired) electrons. The van der Waals surface area contributed by atoms with E-state index >= 15 is 0 Å². The summed E-state index contributed by atoms with van der Waals surface area (Å²) < 4.78 is 55.4. The monoisotopic (exact) mass is 629 g/mol. The lowest BCUT2D eigenvalue weighted by Crippen LogP contribution is -2.55. The number of rotatable bonds is 8. The van der Waals surface area contributed by atoms with Gasteiger partial charge in [-0.2, -0.15) is 0 Å².